The number of nitrogens with zero attached hydrogens (tertiary/aromatic N) is 3. The molecule has 0 spiro atoms. The standard InChI is InChI=1S/C19H14ClN3OS/c20-15-9-7-14(8-10-15)18-16(12-24)23-19(21-18)25-17(22-23)11-6-13-4-2-1-3-5-13/h1-5,7-10,12H,6,11H2. The molecule has 0 saturated heterocycles. The Balaban J connectivity index is 1.64. The maximum atomic E-state index is 11.6. The highest BCUT2D eigenvalue weighted by Gasteiger charge is 2.17. The molecule has 0 atom stereocenters. The fourth-order valence-corrected chi connectivity index (χ4v) is 3.75. The van der Waals surface area contributed by atoms with Gasteiger partial charge < -0.3 is 0 Å². The highest BCUT2D eigenvalue weighted by Crippen LogP contribution is 2.27. The summed E-state index contributed by atoms with van der Waals surface area (Å²) in [5.41, 5.74) is 3.24. The molecule has 0 aliphatic rings. The van der Waals surface area contributed by atoms with Crippen molar-refractivity contribution in [2.45, 2.75) is 12.8 Å². The third-order valence-electron chi connectivity index (χ3n) is 3.98. The lowest BCUT2D eigenvalue weighted by molar-refractivity contribution is 0.111. The minimum atomic E-state index is 0.472. The van der Waals surface area contributed by atoms with E-state index in [4.69, 9.17) is 11.6 Å². The maximum Gasteiger partial charge on any atom is 0.213 e. The number of hydrogen-bond donors (Lipinski definition) is 0. The van der Waals surface area contributed by atoms with Gasteiger partial charge in [0.15, 0.2) is 6.29 Å². The number of carbonyl (C=O) groups excluding carboxylic acids is 1. The summed E-state index contributed by atoms with van der Waals surface area (Å²) in [4.78, 5) is 16.9. The summed E-state index contributed by atoms with van der Waals surface area (Å²) < 4.78 is 1.64. The van der Waals surface area contributed by atoms with E-state index in [9.17, 15) is 4.79 Å². The van der Waals surface area contributed by atoms with Crippen LogP contribution < -0.4 is 0 Å². The van der Waals surface area contributed by atoms with Gasteiger partial charge in [-0.05, 0) is 24.1 Å². The van der Waals surface area contributed by atoms with Crippen LogP contribution in [0.15, 0.2) is 54.6 Å². The molecule has 0 bridgehead atoms. The van der Waals surface area contributed by atoms with Crippen LogP contribution in [0.5, 0.6) is 0 Å². The number of hydrogen-bond acceptors (Lipinski definition) is 4. The summed E-state index contributed by atoms with van der Waals surface area (Å²) in [5.74, 6) is 0. The van der Waals surface area contributed by atoms with Crippen LogP contribution >= 0.6 is 22.9 Å². The Labute approximate surface area is 153 Å². The van der Waals surface area contributed by atoms with E-state index in [1.54, 1.807) is 16.6 Å². The van der Waals surface area contributed by atoms with Crippen molar-refractivity contribution in [3.8, 4) is 11.3 Å². The van der Waals surface area contributed by atoms with Crippen molar-refractivity contribution in [1.29, 1.82) is 0 Å². The smallest absolute Gasteiger partial charge is 0.213 e. The van der Waals surface area contributed by atoms with Crippen molar-refractivity contribution in [3.63, 3.8) is 0 Å². The number of halogens is 1. The maximum absolute atomic E-state index is 11.6. The van der Waals surface area contributed by atoms with Crippen molar-refractivity contribution in [2.24, 2.45) is 0 Å². The van der Waals surface area contributed by atoms with Crippen molar-refractivity contribution in [1.82, 2.24) is 14.6 Å². The molecule has 0 saturated carbocycles. The topological polar surface area (TPSA) is 47.3 Å². The Morgan fingerprint density at radius 2 is 1.80 bits per heavy atom. The van der Waals surface area contributed by atoms with Crippen LogP contribution in [0.1, 0.15) is 21.1 Å². The summed E-state index contributed by atoms with van der Waals surface area (Å²) in [7, 11) is 0. The number of rotatable bonds is 5. The van der Waals surface area contributed by atoms with Gasteiger partial charge in [-0.1, -0.05) is 65.4 Å². The second-order valence-corrected chi connectivity index (χ2v) is 7.12. The molecule has 6 heteroatoms. The molecule has 0 aliphatic heterocycles. The van der Waals surface area contributed by atoms with E-state index in [2.05, 4.69) is 22.2 Å². The Morgan fingerprint density at radius 1 is 1.04 bits per heavy atom. The van der Waals surface area contributed by atoms with E-state index in [0.717, 1.165) is 34.7 Å². The van der Waals surface area contributed by atoms with Crippen LogP contribution in [-0.2, 0) is 12.8 Å². The normalized spacial score (nSPS) is 11.1. The predicted molar refractivity (Wildman–Crippen MR) is 101 cm³/mol. The molecule has 0 amide bonds. The molecule has 2 aromatic heterocycles. The minimum Gasteiger partial charge on any atom is -0.296 e. The lowest BCUT2D eigenvalue weighted by Gasteiger charge is -1.99. The van der Waals surface area contributed by atoms with Crippen molar-refractivity contribution < 1.29 is 4.79 Å². The van der Waals surface area contributed by atoms with E-state index in [-0.39, 0.29) is 0 Å². The first kappa shape index (κ1) is 16.0. The van der Waals surface area contributed by atoms with Gasteiger partial charge in [0.25, 0.3) is 0 Å². The molecular weight excluding hydrogens is 354 g/mol. The Bertz CT molecular complexity index is 1020. The largest absolute Gasteiger partial charge is 0.296 e. The van der Waals surface area contributed by atoms with Crippen LogP contribution in [0, 0.1) is 0 Å². The van der Waals surface area contributed by atoms with Gasteiger partial charge in [0.1, 0.15) is 16.4 Å². The van der Waals surface area contributed by atoms with Gasteiger partial charge in [-0.25, -0.2) is 4.98 Å². The second-order valence-electron chi connectivity index (χ2n) is 5.65. The van der Waals surface area contributed by atoms with E-state index >= 15 is 0 Å². The SMILES string of the molecule is O=Cc1c(-c2ccc(Cl)cc2)nc2sc(CCc3ccccc3)nn12. The van der Waals surface area contributed by atoms with Crippen LogP contribution in [-0.4, -0.2) is 20.9 Å². The molecular formula is C19H14ClN3OS. The fourth-order valence-electron chi connectivity index (χ4n) is 2.73. The number of aldehydes is 1. The Morgan fingerprint density at radius 3 is 2.52 bits per heavy atom. The van der Waals surface area contributed by atoms with Gasteiger partial charge in [0.2, 0.25) is 4.96 Å². The lowest BCUT2D eigenvalue weighted by Crippen LogP contribution is -1.96. The number of aromatic nitrogens is 3. The Kier molecular flexibility index (Phi) is 4.34. The highest BCUT2D eigenvalue weighted by molar-refractivity contribution is 7.16. The first-order valence-corrected chi connectivity index (χ1v) is 9.07. The first-order valence-electron chi connectivity index (χ1n) is 7.88. The third-order valence-corrected chi connectivity index (χ3v) is 5.20. The van der Waals surface area contributed by atoms with Gasteiger partial charge in [0, 0.05) is 17.0 Å². The number of fused-ring (bicyclic) bond motifs is 1. The molecule has 0 N–H and O–H groups in total. The van der Waals surface area contributed by atoms with Gasteiger partial charge in [-0.15, -0.1) is 0 Å². The van der Waals surface area contributed by atoms with Crippen molar-refractivity contribution in [3.05, 3.63) is 75.9 Å². The molecule has 0 unspecified atom stereocenters. The third kappa shape index (κ3) is 3.21. The van der Waals surface area contributed by atoms with Crippen molar-refractivity contribution in [2.75, 3.05) is 0 Å². The van der Waals surface area contributed by atoms with Crippen LogP contribution in [0.25, 0.3) is 16.2 Å². The molecule has 4 rings (SSSR count). The molecule has 2 aromatic carbocycles. The predicted octanol–water partition coefficient (Wildman–Crippen LogP) is 4.71. The molecule has 25 heavy (non-hydrogen) atoms. The number of benzene rings is 2. The molecule has 124 valence electrons. The van der Waals surface area contributed by atoms with Crippen LogP contribution in [0.3, 0.4) is 0 Å². The van der Waals surface area contributed by atoms with Gasteiger partial charge in [0.05, 0.1) is 0 Å². The zero-order valence-electron chi connectivity index (χ0n) is 13.2. The van der Waals surface area contributed by atoms with Crippen LogP contribution in [0.2, 0.25) is 5.02 Å². The highest BCUT2D eigenvalue weighted by atomic mass is 35.5. The van der Waals surface area contributed by atoms with Crippen molar-refractivity contribution >= 4 is 34.2 Å². The van der Waals surface area contributed by atoms with Gasteiger partial charge in [-0.2, -0.15) is 9.61 Å². The summed E-state index contributed by atoms with van der Waals surface area (Å²) in [5, 5.41) is 6.20. The van der Waals surface area contributed by atoms with Crippen LogP contribution in [0.4, 0.5) is 0 Å². The zero-order valence-corrected chi connectivity index (χ0v) is 14.8. The van der Waals surface area contributed by atoms with Gasteiger partial charge in [-0.3, -0.25) is 4.79 Å². The number of carbonyl (C=O) groups is 1. The first-order chi connectivity index (χ1) is 12.2. The average Bonchev–Trinajstić information content (AvgIpc) is 3.18. The summed E-state index contributed by atoms with van der Waals surface area (Å²) in [6.07, 6.45) is 2.55. The fraction of sp³-hybridized carbons (Fsp3) is 0.105. The minimum absolute atomic E-state index is 0.472. The molecule has 4 aromatic rings. The number of aryl methyl sites for hydroxylation is 2. The number of imidazole rings is 1. The molecule has 0 aliphatic carbocycles. The van der Waals surface area contributed by atoms with Gasteiger partial charge >= 0.3 is 0 Å². The molecule has 0 fully saturated rings. The quantitative estimate of drug-likeness (QED) is 0.480. The summed E-state index contributed by atoms with van der Waals surface area (Å²) >= 11 is 7.45. The molecule has 0 radical (unpaired) electrons. The molecule has 4 nitrogen and oxygen atoms in total. The van der Waals surface area contributed by atoms with E-state index in [0.29, 0.717) is 16.4 Å². The second kappa shape index (κ2) is 6.78. The van der Waals surface area contributed by atoms with E-state index in [1.165, 1.54) is 16.9 Å². The summed E-state index contributed by atoms with van der Waals surface area (Å²) in [6.45, 7) is 0. The lowest BCUT2D eigenvalue weighted by atomic mass is 10.1. The Hall–Kier alpha value is -2.50. The summed E-state index contributed by atoms with van der Waals surface area (Å²) in [6, 6.07) is 17.6. The molecule has 2 heterocycles. The average molecular weight is 368 g/mol. The van der Waals surface area contributed by atoms with E-state index in [1.807, 2.05) is 30.3 Å². The monoisotopic (exact) mass is 367 g/mol. The zero-order chi connectivity index (χ0) is 17.2. The van der Waals surface area contributed by atoms with E-state index < -0.39 is 0 Å².